The molecule has 0 aliphatic heterocycles. The van der Waals surface area contributed by atoms with E-state index in [1.165, 1.54) is 5.56 Å². The van der Waals surface area contributed by atoms with Gasteiger partial charge in [0, 0.05) is 12.5 Å². The summed E-state index contributed by atoms with van der Waals surface area (Å²) in [5.74, 6) is 1.40. The molecule has 3 heteroatoms. The second-order valence-electron chi connectivity index (χ2n) is 6.15. The van der Waals surface area contributed by atoms with Crippen molar-refractivity contribution in [2.45, 2.75) is 26.2 Å². The summed E-state index contributed by atoms with van der Waals surface area (Å²) in [5.41, 5.74) is 1.84. The first kappa shape index (κ1) is 17.1. The number of ether oxygens (including phenoxy) is 1. The van der Waals surface area contributed by atoms with Crippen LogP contribution in [0, 0.1) is 5.92 Å². The summed E-state index contributed by atoms with van der Waals surface area (Å²) in [6, 6.07) is 17.7. The molecule has 0 saturated heterocycles. The Labute approximate surface area is 138 Å². The van der Waals surface area contributed by atoms with Gasteiger partial charge in [0.2, 0.25) is 0 Å². The highest BCUT2D eigenvalue weighted by molar-refractivity contribution is 5.96. The van der Waals surface area contributed by atoms with Gasteiger partial charge in [0.25, 0.3) is 5.91 Å². The summed E-state index contributed by atoms with van der Waals surface area (Å²) in [6.45, 7) is 5.04. The Morgan fingerprint density at radius 2 is 1.70 bits per heavy atom. The lowest BCUT2D eigenvalue weighted by atomic mass is 9.90. The maximum atomic E-state index is 12.5. The van der Waals surface area contributed by atoms with Crippen molar-refractivity contribution in [2.75, 3.05) is 13.7 Å². The highest BCUT2D eigenvalue weighted by atomic mass is 16.5. The maximum absolute atomic E-state index is 12.5. The van der Waals surface area contributed by atoms with Gasteiger partial charge in [0.05, 0.1) is 12.7 Å². The topological polar surface area (TPSA) is 38.3 Å². The number of rotatable bonds is 7. The van der Waals surface area contributed by atoms with Crippen LogP contribution in [0.1, 0.15) is 42.1 Å². The third-order valence-corrected chi connectivity index (χ3v) is 3.89. The zero-order valence-corrected chi connectivity index (χ0v) is 14.1. The monoisotopic (exact) mass is 311 g/mol. The summed E-state index contributed by atoms with van der Waals surface area (Å²) >= 11 is 0. The fourth-order valence-electron chi connectivity index (χ4n) is 2.77. The lowest BCUT2D eigenvalue weighted by molar-refractivity contribution is 0.0947. The van der Waals surface area contributed by atoms with Gasteiger partial charge in [-0.3, -0.25) is 4.79 Å². The summed E-state index contributed by atoms with van der Waals surface area (Å²) in [6.07, 6.45) is 1.04. The molecule has 0 radical (unpaired) electrons. The molecule has 2 aromatic rings. The molecule has 0 saturated carbocycles. The number of amides is 1. The third-order valence-electron chi connectivity index (χ3n) is 3.89. The Morgan fingerprint density at radius 1 is 1.04 bits per heavy atom. The normalized spacial score (nSPS) is 12.0. The number of methoxy groups -OCH3 is 1. The molecule has 0 bridgehead atoms. The van der Waals surface area contributed by atoms with Crippen LogP contribution in [-0.2, 0) is 0 Å². The number of hydrogen-bond acceptors (Lipinski definition) is 2. The zero-order chi connectivity index (χ0) is 16.7. The van der Waals surface area contributed by atoms with Gasteiger partial charge in [0.15, 0.2) is 0 Å². The van der Waals surface area contributed by atoms with Crippen LogP contribution in [0.5, 0.6) is 5.75 Å². The van der Waals surface area contributed by atoms with E-state index in [1.807, 2.05) is 30.3 Å². The van der Waals surface area contributed by atoms with Crippen molar-refractivity contribution in [3.05, 3.63) is 65.7 Å². The highest BCUT2D eigenvalue weighted by Crippen LogP contribution is 2.23. The van der Waals surface area contributed by atoms with Gasteiger partial charge < -0.3 is 10.1 Å². The Hall–Kier alpha value is -2.29. The highest BCUT2D eigenvalue weighted by Gasteiger charge is 2.16. The van der Waals surface area contributed by atoms with E-state index in [2.05, 4.69) is 31.3 Å². The minimum atomic E-state index is -0.0906. The molecule has 0 aliphatic carbocycles. The Bertz CT molecular complexity index is 623. The van der Waals surface area contributed by atoms with Crippen LogP contribution >= 0.6 is 0 Å². The van der Waals surface area contributed by atoms with E-state index in [4.69, 9.17) is 4.74 Å². The van der Waals surface area contributed by atoms with E-state index < -0.39 is 0 Å². The Kier molecular flexibility index (Phi) is 6.21. The van der Waals surface area contributed by atoms with E-state index in [1.54, 1.807) is 19.2 Å². The fourth-order valence-corrected chi connectivity index (χ4v) is 2.77. The third kappa shape index (κ3) is 4.85. The number of para-hydroxylation sites is 1. The van der Waals surface area contributed by atoms with E-state index in [9.17, 15) is 4.79 Å². The second-order valence-corrected chi connectivity index (χ2v) is 6.15. The predicted molar refractivity (Wildman–Crippen MR) is 94.0 cm³/mol. The molecular formula is C20H25NO2. The van der Waals surface area contributed by atoms with Gasteiger partial charge in [0.1, 0.15) is 5.75 Å². The van der Waals surface area contributed by atoms with Gasteiger partial charge in [-0.15, -0.1) is 0 Å². The molecular weight excluding hydrogens is 286 g/mol. The van der Waals surface area contributed by atoms with E-state index in [-0.39, 0.29) is 5.91 Å². The molecule has 23 heavy (non-hydrogen) atoms. The van der Waals surface area contributed by atoms with Crippen LogP contribution in [0.4, 0.5) is 0 Å². The molecule has 122 valence electrons. The number of hydrogen-bond donors (Lipinski definition) is 1. The fraction of sp³-hybridized carbons (Fsp3) is 0.350. The Balaban J connectivity index is 2.07. The van der Waals surface area contributed by atoms with Crippen molar-refractivity contribution < 1.29 is 9.53 Å². The van der Waals surface area contributed by atoms with Crippen LogP contribution in [0.3, 0.4) is 0 Å². The average molecular weight is 311 g/mol. The molecule has 2 aromatic carbocycles. The van der Waals surface area contributed by atoms with Crippen LogP contribution in [0.15, 0.2) is 54.6 Å². The molecule has 0 spiro atoms. The molecule has 0 aliphatic rings. The first-order valence-electron chi connectivity index (χ1n) is 8.08. The molecule has 1 N–H and O–H groups in total. The van der Waals surface area contributed by atoms with Gasteiger partial charge in [-0.25, -0.2) is 0 Å². The van der Waals surface area contributed by atoms with Crippen LogP contribution in [-0.4, -0.2) is 19.6 Å². The van der Waals surface area contributed by atoms with Gasteiger partial charge in [-0.2, -0.15) is 0 Å². The van der Waals surface area contributed by atoms with Crippen LogP contribution < -0.4 is 10.1 Å². The van der Waals surface area contributed by atoms with Gasteiger partial charge >= 0.3 is 0 Å². The molecule has 0 fully saturated rings. The Morgan fingerprint density at radius 3 is 2.35 bits per heavy atom. The number of nitrogens with one attached hydrogen (secondary N) is 1. The van der Waals surface area contributed by atoms with Crippen molar-refractivity contribution in [3.63, 3.8) is 0 Å². The van der Waals surface area contributed by atoms with Crippen LogP contribution in [0.25, 0.3) is 0 Å². The molecule has 2 rings (SSSR count). The molecule has 0 aromatic heterocycles. The predicted octanol–water partition coefficient (Wildman–Crippen LogP) is 4.25. The molecule has 1 amide bonds. The van der Waals surface area contributed by atoms with E-state index in [0.29, 0.717) is 29.7 Å². The van der Waals surface area contributed by atoms with E-state index in [0.717, 1.165) is 6.42 Å². The molecule has 1 unspecified atom stereocenters. The zero-order valence-electron chi connectivity index (χ0n) is 14.1. The molecule has 1 atom stereocenters. The smallest absolute Gasteiger partial charge is 0.255 e. The van der Waals surface area contributed by atoms with E-state index >= 15 is 0 Å². The largest absolute Gasteiger partial charge is 0.496 e. The summed E-state index contributed by atoms with van der Waals surface area (Å²) in [7, 11) is 1.58. The lowest BCUT2D eigenvalue weighted by Gasteiger charge is -2.20. The van der Waals surface area contributed by atoms with Crippen molar-refractivity contribution in [1.82, 2.24) is 5.32 Å². The van der Waals surface area contributed by atoms with Crippen molar-refractivity contribution >= 4 is 5.91 Å². The lowest BCUT2D eigenvalue weighted by Crippen LogP contribution is -2.29. The summed E-state index contributed by atoms with van der Waals surface area (Å²) in [5, 5.41) is 3.06. The van der Waals surface area contributed by atoms with Crippen LogP contribution in [0.2, 0.25) is 0 Å². The summed E-state index contributed by atoms with van der Waals surface area (Å²) < 4.78 is 5.26. The molecule has 0 heterocycles. The summed E-state index contributed by atoms with van der Waals surface area (Å²) in [4.78, 5) is 12.5. The quantitative estimate of drug-likeness (QED) is 0.830. The minimum Gasteiger partial charge on any atom is -0.496 e. The SMILES string of the molecule is COc1ccccc1C(=O)NCC(CC(C)C)c1ccccc1. The number of carbonyl (C=O) groups is 1. The van der Waals surface area contributed by atoms with Crippen molar-refractivity contribution in [2.24, 2.45) is 5.92 Å². The number of benzene rings is 2. The number of carbonyl (C=O) groups excluding carboxylic acids is 1. The average Bonchev–Trinajstić information content (AvgIpc) is 2.58. The first-order chi connectivity index (χ1) is 11.1. The standard InChI is InChI=1S/C20H25NO2/c1-15(2)13-17(16-9-5-4-6-10-16)14-21-20(22)18-11-7-8-12-19(18)23-3/h4-12,15,17H,13-14H2,1-3H3,(H,21,22). The minimum absolute atomic E-state index is 0.0906. The van der Waals surface area contributed by atoms with Crippen molar-refractivity contribution in [3.8, 4) is 5.75 Å². The maximum Gasteiger partial charge on any atom is 0.255 e. The second kappa shape index (κ2) is 8.37. The van der Waals surface area contributed by atoms with Crippen molar-refractivity contribution in [1.29, 1.82) is 0 Å². The van der Waals surface area contributed by atoms with Gasteiger partial charge in [-0.05, 0) is 30.0 Å². The first-order valence-corrected chi connectivity index (χ1v) is 8.08. The molecule has 3 nitrogen and oxygen atoms in total. The van der Waals surface area contributed by atoms with Gasteiger partial charge in [-0.1, -0.05) is 56.3 Å².